The largest absolute Gasteiger partial charge is 0.478 e. The zero-order valence-electron chi connectivity index (χ0n) is 15.3. The molecule has 0 atom stereocenters. The predicted molar refractivity (Wildman–Crippen MR) is 106 cm³/mol. The van der Waals surface area contributed by atoms with E-state index < -0.39 is 5.97 Å². The molecule has 0 unspecified atom stereocenters. The molecule has 0 bridgehead atoms. The van der Waals surface area contributed by atoms with Gasteiger partial charge in [-0.1, -0.05) is 18.2 Å². The Morgan fingerprint density at radius 2 is 2.00 bits per heavy atom. The summed E-state index contributed by atoms with van der Waals surface area (Å²) < 4.78 is 7.12. The molecule has 3 aromatic heterocycles. The van der Waals surface area contributed by atoms with Crippen molar-refractivity contribution in [1.29, 1.82) is 5.26 Å². The van der Waals surface area contributed by atoms with E-state index >= 15 is 0 Å². The van der Waals surface area contributed by atoms with Crippen molar-refractivity contribution >= 4 is 22.9 Å². The van der Waals surface area contributed by atoms with Crippen molar-refractivity contribution < 1.29 is 14.6 Å². The van der Waals surface area contributed by atoms with Gasteiger partial charge in [0.1, 0.15) is 11.8 Å². The van der Waals surface area contributed by atoms with Gasteiger partial charge in [-0.25, -0.2) is 14.3 Å². The molecule has 2 N–H and O–H groups in total. The van der Waals surface area contributed by atoms with Crippen molar-refractivity contribution in [2.75, 3.05) is 5.32 Å². The number of para-hydroxylation sites is 1. The van der Waals surface area contributed by atoms with Gasteiger partial charge in [0.15, 0.2) is 0 Å². The summed E-state index contributed by atoms with van der Waals surface area (Å²) in [5, 5.41) is 26.1. The molecular weight excluding hydrogens is 370 g/mol. The number of benzene rings is 1. The molecule has 8 heteroatoms. The van der Waals surface area contributed by atoms with E-state index in [-0.39, 0.29) is 5.56 Å². The average Bonchev–Trinajstić information content (AvgIpc) is 3.08. The van der Waals surface area contributed by atoms with E-state index in [9.17, 15) is 15.2 Å². The number of carboxylic acid groups (broad SMARTS) is 1. The standard InChI is InChI=1S/C21H15N5O3/c1-13-17(21(27)28)12-26-20(13)19(14(9-22)10-24-26)25-15-7-8-18(23-11-15)29-16-5-3-2-4-6-16/h2-8,10-12,25H,1H3,(H,27,28). The van der Waals surface area contributed by atoms with Gasteiger partial charge >= 0.3 is 5.97 Å². The minimum Gasteiger partial charge on any atom is -0.478 e. The number of aromatic carboxylic acids is 1. The lowest BCUT2D eigenvalue weighted by Gasteiger charge is -2.11. The maximum absolute atomic E-state index is 11.5. The number of pyridine rings is 1. The van der Waals surface area contributed by atoms with Crippen LogP contribution in [0.4, 0.5) is 11.4 Å². The van der Waals surface area contributed by atoms with Gasteiger partial charge in [-0.05, 0) is 30.7 Å². The van der Waals surface area contributed by atoms with E-state index in [1.54, 1.807) is 25.3 Å². The third-order valence-electron chi connectivity index (χ3n) is 4.38. The molecule has 29 heavy (non-hydrogen) atoms. The number of rotatable bonds is 5. The van der Waals surface area contributed by atoms with Gasteiger partial charge in [0.2, 0.25) is 5.88 Å². The number of hydrogen-bond donors (Lipinski definition) is 2. The third kappa shape index (κ3) is 3.44. The SMILES string of the molecule is Cc1c(C(=O)O)cn2ncc(C#N)c(Nc3ccc(Oc4ccccc4)nc3)c12. The Hall–Kier alpha value is -4.38. The van der Waals surface area contributed by atoms with Crippen molar-refractivity contribution in [2.45, 2.75) is 6.92 Å². The molecule has 1 aromatic carbocycles. The van der Waals surface area contributed by atoms with Crippen molar-refractivity contribution in [2.24, 2.45) is 0 Å². The Labute approximate surface area is 165 Å². The molecule has 0 amide bonds. The normalized spacial score (nSPS) is 10.5. The van der Waals surface area contributed by atoms with Crippen LogP contribution in [-0.4, -0.2) is 25.7 Å². The minimum absolute atomic E-state index is 0.125. The molecule has 0 aliphatic carbocycles. The number of aryl methyl sites for hydroxylation is 1. The van der Waals surface area contributed by atoms with Crippen LogP contribution in [0.5, 0.6) is 11.6 Å². The first kappa shape index (κ1) is 18.0. The lowest BCUT2D eigenvalue weighted by molar-refractivity contribution is 0.0696. The first-order chi connectivity index (χ1) is 14.1. The molecule has 0 fully saturated rings. The fourth-order valence-corrected chi connectivity index (χ4v) is 2.98. The summed E-state index contributed by atoms with van der Waals surface area (Å²) in [6.07, 6.45) is 4.39. The summed E-state index contributed by atoms with van der Waals surface area (Å²) in [6.45, 7) is 1.68. The molecule has 0 spiro atoms. The predicted octanol–water partition coefficient (Wildman–Crippen LogP) is 4.14. The number of ether oxygens (including phenoxy) is 1. The Kier molecular flexibility index (Phi) is 4.55. The second kappa shape index (κ2) is 7.32. The summed E-state index contributed by atoms with van der Waals surface area (Å²) in [5.41, 5.74) is 2.53. The number of aromatic nitrogens is 3. The Morgan fingerprint density at radius 1 is 1.21 bits per heavy atom. The fourth-order valence-electron chi connectivity index (χ4n) is 2.98. The van der Waals surface area contributed by atoms with Crippen molar-refractivity contribution in [3.05, 3.63) is 77.7 Å². The average molecular weight is 385 g/mol. The van der Waals surface area contributed by atoms with Gasteiger partial charge in [-0.2, -0.15) is 10.4 Å². The molecule has 142 valence electrons. The van der Waals surface area contributed by atoms with Gasteiger partial charge in [0.05, 0.1) is 40.4 Å². The van der Waals surface area contributed by atoms with Crippen LogP contribution in [-0.2, 0) is 0 Å². The highest BCUT2D eigenvalue weighted by atomic mass is 16.5. The summed E-state index contributed by atoms with van der Waals surface area (Å²) >= 11 is 0. The van der Waals surface area contributed by atoms with Crippen LogP contribution in [0.3, 0.4) is 0 Å². The summed E-state index contributed by atoms with van der Waals surface area (Å²) in [5.74, 6) is 0.0454. The molecule has 0 aliphatic heterocycles. The molecule has 3 heterocycles. The third-order valence-corrected chi connectivity index (χ3v) is 4.38. The molecule has 4 rings (SSSR count). The number of nitrogens with one attached hydrogen (secondary N) is 1. The van der Waals surface area contributed by atoms with Gasteiger partial charge in [0.25, 0.3) is 0 Å². The summed E-state index contributed by atoms with van der Waals surface area (Å²) in [7, 11) is 0. The quantitative estimate of drug-likeness (QED) is 0.531. The van der Waals surface area contributed by atoms with Gasteiger partial charge in [-0.15, -0.1) is 0 Å². The van der Waals surface area contributed by atoms with Crippen LogP contribution in [0.25, 0.3) is 5.52 Å². The van der Waals surface area contributed by atoms with E-state index in [0.29, 0.717) is 39.6 Å². The molecule has 8 nitrogen and oxygen atoms in total. The van der Waals surface area contributed by atoms with Gasteiger partial charge < -0.3 is 15.2 Å². The second-order valence-corrected chi connectivity index (χ2v) is 6.24. The number of nitrogens with zero attached hydrogens (tertiary/aromatic N) is 4. The number of carbonyl (C=O) groups is 1. The molecule has 0 radical (unpaired) electrons. The zero-order chi connectivity index (χ0) is 20.4. The maximum atomic E-state index is 11.5. The van der Waals surface area contributed by atoms with Crippen molar-refractivity contribution in [1.82, 2.24) is 14.6 Å². The Balaban J connectivity index is 1.68. The number of hydrogen-bond acceptors (Lipinski definition) is 6. The topological polar surface area (TPSA) is 113 Å². The van der Waals surface area contributed by atoms with Gasteiger partial charge in [-0.3, -0.25) is 0 Å². The number of anilines is 2. The first-order valence-electron chi connectivity index (χ1n) is 8.67. The lowest BCUT2D eigenvalue weighted by Crippen LogP contribution is -2.01. The van der Waals surface area contributed by atoms with Crippen molar-refractivity contribution in [3.63, 3.8) is 0 Å². The van der Waals surface area contributed by atoms with Crippen LogP contribution in [0, 0.1) is 18.3 Å². The second-order valence-electron chi connectivity index (χ2n) is 6.24. The highest BCUT2D eigenvalue weighted by molar-refractivity contribution is 5.96. The van der Waals surface area contributed by atoms with Crippen LogP contribution in [0.2, 0.25) is 0 Å². The highest BCUT2D eigenvalue weighted by Crippen LogP contribution is 2.30. The summed E-state index contributed by atoms with van der Waals surface area (Å²) in [4.78, 5) is 15.7. The molecular formula is C21H15N5O3. The van der Waals surface area contributed by atoms with Crippen LogP contribution < -0.4 is 10.1 Å². The minimum atomic E-state index is -1.05. The Bertz CT molecular complexity index is 1240. The van der Waals surface area contributed by atoms with Crippen LogP contribution in [0.1, 0.15) is 21.5 Å². The summed E-state index contributed by atoms with van der Waals surface area (Å²) in [6, 6.07) is 14.8. The zero-order valence-corrected chi connectivity index (χ0v) is 15.3. The number of carboxylic acids is 1. The molecule has 4 aromatic rings. The lowest BCUT2D eigenvalue weighted by atomic mass is 10.1. The molecule has 0 saturated heterocycles. The van der Waals surface area contributed by atoms with Crippen LogP contribution in [0.15, 0.2) is 61.1 Å². The van der Waals surface area contributed by atoms with Crippen LogP contribution >= 0.6 is 0 Å². The van der Waals surface area contributed by atoms with E-state index in [4.69, 9.17) is 4.74 Å². The number of nitriles is 1. The molecule has 0 aliphatic rings. The van der Waals surface area contributed by atoms with E-state index in [2.05, 4.69) is 21.5 Å². The smallest absolute Gasteiger partial charge is 0.337 e. The highest BCUT2D eigenvalue weighted by Gasteiger charge is 2.19. The van der Waals surface area contributed by atoms with Crippen molar-refractivity contribution in [3.8, 4) is 17.7 Å². The van der Waals surface area contributed by atoms with E-state index in [1.807, 2.05) is 30.3 Å². The first-order valence-corrected chi connectivity index (χ1v) is 8.67. The number of fused-ring (bicyclic) bond motifs is 1. The van der Waals surface area contributed by atoms with Gasteiger partial charge in [0, 0.05) is 12.3 Å². The fraction of sp³-hybridized carbons (Fsp3) is 0.0476. The van der Waals surface area contributed by atoms with E-state index in [1.165, 1.54) is 16.9 Å². The maximum Gasteiger partial charge on any atom is 0.337 e. The van der Waals surface area contributed by atoms with E-state index in [0.717, 1.165) is 0 Å². The molecule has 0 saturated carbocycles. The Morgan fingerprint density at radius 3 is 2.66 bits per heavy atom. The monoisotopic (exact) mass is 385 g/mol.